The number of hydrogen-bond acceptors (Lipinski definition) is 5. The van der Waals surface area contributed by atoms with Crippen molar-refractivity contribution >= 4 is 11.8 Å². The molecule has 2 fully saturated rings. The highest BCUT2D eigenvalue weighted by Crippen LogP contribution is 2.23. The quantitative estimate of drug-likeness (QED) is 0.840. The predicted octanol–water partition coefficient (Wildman–Crippen LogP) is 0.543. The minimum Gasteiger partial charge on any atom is -0.467 e. The van der Waals surface area contributed by atoms with Crippen LogP contribution in [0.15, 0.2) is 22.8 Å². The highest BCUT2D eigenvalue weighted by molar-refractivity contribution is 5.89. The molecule has 7 nitrogen and oxygen atoms in total. The monoisotopic (exact) mass is 349 g/mol. The normalized spacial score (nSPS) is 22.7. The number of β-amino-alcohol motifs (C(OH)–C–C–N with tert-alkyl or cyclic N) is 1. The lowest BCUT2D eigenvalue weighted by atomic mass is 10.1. The Morgan fingerprint density at radius 1 is 1.32 bits per heavy atom. The summed E-state index contributed by atoms with van der Waals surface area (Å²) in [6.07, 6.45) is 1.87. The van der Waals surface area contributed by atoms with Crippen molar-refractivity contribution < 1.29 is 19.1 Å². The maximum absolute atomic E-state index is 12.7. The van der Waals surface area contributed by atoms with E-state index in [1.54, 1.807) is 31.1 Å². The summed E-state index contributed by atoms with van der Waals surface area (Å²) in [5.74, 6) is 0.554. The predicted molar refractivity (Wildman–Crippen MR) is 91.5 cm³/mol. The molecule has 2 aliphatic heterocycles. The van der Waals surface area contributed by atoms with E-state index in [9.17, 15) is 14.7 Å². The van der Waals surface area contributed by atoms with Crippen molar-refractivity contribution in [1.29, 1.82) is 0 Å². The van der Waals surface area contributed by atoms with Gasteiger partial charge in [-0.2, -0.15) is 0 Å². The minimum atomic E-state index is -0.726. The molecule has 2 amide bonds. The van der Waals surface area contributed by atoms with Crippen LogP contribution in [0.5, 0.6) is 0 Å². The summed E-state index contributed by atoms with van der Waals surface area (Å²) in [6.45, 7) is 7.89. The third kappa shape index (κ3) is 4.61. The maximum Gasteiger partial charge on any atom is 0.228 e. The summed E-state index contributed by atoms with van der Waals surface area (Å²) >= 11 is 0. The van der Waals surface area contributed by atoms with Crippen molar-refractivity contribution in [2.24, 2.45) is 5.92 Å². The van der Waals surface area contributed by atoms with Crippen LogP contribution < -0.4 is 0 Å². The number of nitrogens with zero attached hydrogens (tertiary/aromatic N) is 3. The van der Waals surface area contributed by atoms with Crippen molar-refractivity contribution in [1.82, 2.24) is 14.7 Å². The van der Waals surface area contributed by atoms with Gasteiger partial charge < -0.3 is 19.3 Å². The number of furan rings is 1. The van der Waals surface area contributed by atoms with Gasteiger partial charge in [-0.3, -0.25) is 14.5 Å². The van der Waals surface area contributed by atoms with Gasteiger partial charge in [0.1, 0.15) is 5.76 Å². The second-order valence-electron chi connectivity index (χ2n) is 7.67. The highest BCUT2D eigenvalue weighted by atomic mass is 16.3. The smallest absolute Gasteiger partial charge is 0.228 e. The Morgan fingerprint density at radius 3 is 2.64 bits per heavy atom. The first-order valence-corrected chi connectivity index (χ1v) is 8.85. The number of likely N-dealkylation sites (tertiary alicyclic amines) is 1. The average Bonchev–Trinajstić information content (AvgIpc) is 3.17. The van der Waals surface area contributed by atoms with Crippen LogP contribution in [0.2, 0.25) is 0 Å². The zero-order chi connectivity index (χ0) is 18.0. The molecule has 0 unspecified atom stereocenters. The fourth-order valence-electron chi connectivity index (χ4n) is 3.61. The van der Waals surface area contributed by atoms with Gasteiger partial charge in [0, 0.05) is 45.7 Å². The van der Waals surface area contributed by atoms with Crippen LogP contribution in [0.3, 0.4) is 0 Å². The Hall–Kier alpha value is -1.86. The summed E-state index contributed by atoms with van der Waals surface area (Å²) in [4.78, 5) is 30.7. The van der Waals surface area contributed by atoms with Crippen LogP contribution in [0, 0.1) is 5.92 Å². The van der Waals surface area contributed by atoms with Crippen LogP contribution in [0.25, 0.3) is 0 Å². The molecule has 138 valence electrons. The highest BCUT2D eigenvalue weighted by Gasteiger charge is 2.37. The lowest BCUT2D eigenvalue weighted by molar-refractivity contribution is -0.137. The van der Waals surface area contributed by atoms with Crippen molar-refractivity contribution in [3.05, 3.63) is 24.2 Å². The Kier molecular flexibility index (Phi) is 5.15. The first-order chi connectivity index (χ1) is 11.8. The molecule has 1 N–H and O–H groups in total. The molecule has 1 aromatic heterocycles. The van der Waals surface area contributed by atoms with E-state index in [-0.39, 0.29) is 24.2 Å². The lowest BCUT2D eigenvalue weighted by Gasteiger charge is -2.38. The molecular formula is C18H27N3O4. The van der Waals surface area contributed by atoms with Gasteiger partial charge in [-0.1, -0.05) is 0 Å². The molecule has 0 saturated carbocycles. The Morgan fingerprint density at radius 2 is 2.04 bits per heavy atom. The second kappa shape index (κ2) is 7.17. The van der Waals surface area contributed by atoms with Gasteiger partial charge in [0.2, 0.25) is 11.8 Å². The number of amides is 2. The van der Waals surface area contributed by atoms with Crippen molar-refractivity contribution in [2.75, 3.05) is 39.3 Å². The molecule has 0 bridgehead atoms. The maximum atomic E-state index is 12.7. The molecule has 0 radical (unpaired) electrons. The van der Waals surface area contributed by atoms with Gasteiger partial charge in [-0.25, -0.2) is 0 Å². The van der Waals surface area contributed by atoms with Crippen LogP contribution >= 0.6 is 0 Å². The van der Waals surface area contributed by atoms with E-state index in [0.29, 0.717) is 32.7 Å². The number of piperazine rings is 1. The topological polar surface area (TPSA) is 77.2 Å². The molecule has 3 heterocycles. The molecule has 25 heavy (non-hydrogen) atoms. The van der Waals surface area contributed by atoms with Gasteiger partial charge in [-0.15, -0.1) is 0 Å². The standard InChI is InChI=1S/C18H27N3O4/c1-18(2,24)13-19-5-7-20(8-6-19)17(23)14-10-16(22)21(11-14)12-15-4-3-9-25-15/h3-4,9,14,24H,5-8,10-13H2,1-2H3/t14-/m0/s1. The van der Waals surface area contributed by atoms with Crippen LogP contribution in [-0.2, 0) is 16.1 Å². The molecule has 0 aromatic carbocycles. The zero-order valence-corrected chi connectivity index (χ0v) is 15.0. The fraction of sp³-hybridized carbons (Fsp3) is 0.667. The van der Waals surface area contributed by atoms with Crippen LogP contribution in [0.1, 0.15) is 26.0 Å². The van der Waals surface area contributed by atoms with Gasteiger partial charge in [0.05, 0.1) is 24.3 Å². The number of rotatable bonds is 5. The Bertz CT molecular complexity index is 600. The summed E-state index contributed by atoms with van der Waals surface area (Å²) in [5.41, 5.74) is -0.726. The first-order valence-electron chi connectivity index (χ1n) is 8.85. The van der Waals surface area contributed by atoms with Crippen LogP contribution in [-0.4, -0.2) is 76.5 Å². The molecule has 2 saturated heterocycles. The fourth-order valence-corrected chi connectivity index (χ4v) is 3.61. The van der Waals surface area contributed by atoms with E-state index >= 15 is 0 Å². The summed E-state index contributed by atoms with van der Waals surface area (Å²) in [5, 5.41) is 9.91. The first kappa shape index (κ1) is 17.9. The van der Waals surface area contributed by atoms with E-state index in [1.807, 2.05) is 11.0 Å². The van der Waals surface area contributed by atoms with Gasteiger partial charge in [-0.05, 0) is 26.0 Å². The molecule has 2 aliphatic rings. The van der Waals surface area contributed by atoms with Gasteiger partial charge in [0.25, 0.3) is 0 Å². The summed E-state index contributed by atoms with van der Waals surface area (Å²) < 4.78 is 5.29. The number of carbonyl (C=O) groups is 2. The Balaban J connectivity index is 1.50. The van der Waals surface area contributed by atoms with Crippen LogP contribution in [0.4, 0.5) is 0 Å². The second-order valence-corrected chi connectivity index (χ2v) is 7.67. The minimum absolute atomic E-state index is 0.00964. The molecule has 3 rings (SSSR count). The lowest BCUT2D eigenvalue weighted by Crippen LogP contribution is -2.53. The van der Waals surface area contributed by atoms with Crippen molar-refractivity contribution in [3.8, 4) is 0 Å². The molecule has 0 spiro atoms. The zero-order valence-electron chi connectivity index (χ0n) is 15.0. The van der Waals surface area contributed by atoms with E-state index < -0.39 is 5.60 Å². The number of hydrogen-bond donors (Lipinski definition) is 1. The summed E-state index contributed by atoms with van der Waals surface area (Å²) in [7, 11) is 0. The number of carbonyl (C=O) groups excluding carboxylic acids is 2. The third-order valence-electron chi connectivity index (χ3n) is 4.79. The molecular weight excluding hydrogens is 322 g/mol. The van der Waals surface area contributed by atoms with E-state index in [0.717, 1.165) is 18.8 Å². The number of aliphatic hydroxyl groups is 1. The SMILES string of the molecule is CC(C)(O)CN1CCN(C(=O)[C@H]2CC(=O)N(Cc3ccco3)C2)CC1. The summed E-state index contributed by atoms with van der Waals surface area (Å²) in [6, 6.07) is 3.63. The molecule has 1 atom stereocenters. The van der Waals surface area contributed by atoms with Gasteiger partial charge in [0.15, 0.2) is 0 Å². The Labute approximate surface area is 148 Å². The molecule has 1 aromatic rings. The van der Waals surface area contributed by atoms with Crippen molar-refractivity contribution in [2.45, 2.75) is 32.4 Å². The van der Waals surface area contributed by atoms with Crippen molar-refractivity contribution in [3.63, 3.8) is 0 Å². The van der Waals surface area contributed by atoms with E-state index in [4.69, 9.17) is 4.42 Å². The van der Waals surface area contributed by atoms with E-state index in [2.05, 4.69) is 4.90 Å². The molecule has 0 aliphatic carbocycles. The third-order valence-corrected chi connectivity index (χ3v) is 4.79. The average molecular weight is 349 g/mol. The molecule has 7 heteroatoms. The largest absolute Gasteiger partial charge is 0.467 e. The van der Waals surface area contributed by atoms with Gasteiger partial charge >= 0.3 is 0 Å². The van der Waals surface area contributed by atoms with E-state index in [1.165, 1.54) is 0 Å².